The number of nitrogens with one attached hydrogen (secondary N) is 1. The quantitative estimate of drug-likeness (QED) is 0.306. The molecule has 1 unspecified atom stereocenters. The number of nitrogens with zero attached hydrogens (tertiary/aromatic N) is 1. The van der Waals surface area contributed by atoms with E-state index in [1.807, 2.05) is 32.0 Å². The molecular formula is C27H36Cl2N2O4. The molecule has 0 aliphatic carbocycles. The van der Waals surface area contributed by atoms with Crippen LogP contribution in [0.2, 0.25) is 10.0 Å². The Labute approximate surface area is 218 Å². The van der Waals surface area contributed by atoms with Crippen LogP contribution < -0.4 is 14.8 Å². The van der Waals surface area contributed by atoms with Crippen molar-refractivity contribution in [3.63, 3.8) is 0 Å². The number of carbonyl (C=O) groups is 2. The molecule has 0 aliphatic rings. The molecule has 0 radical (unpaired) electrons. The SMILES string of the molecule is CCCCNC(=O)C(C)N(Cc1ccc(Cl)cc1Cl)C(=O)CCc1ccc(OCC)c(OCC)c1. The van der Waals surface area contributed by atoms with Crippen molar-refractivity contribution in [2.45, 2.75) is 66.0 Å². The molecule has 1 N–H and O–H groups in total. The number of rotatable bonds is 14. The van der Waals surface area contributed by atoms with E-state index < -0.39 is 6.04 Å². The van der Waals surface area contributed by atoms with Crippen molar-refractivity contribution in [3.05, 3.63) is 57.6 Å². The Morgan fingerprint density at radius 3 is 2.37 bits per heavy atom. The van der Waals surface area contributed by atoms with E-state index in [0.717, 1.165) is 24.0 Å². The molecule has 0 heterocycles. The zero-order valence-corrected chi connectivity index (χ0v) is 22.5. The number of hydrogen-bond donors (Lipinski definition) is 1. The van der Waals surface area contributed by atoms with Crippen LogP contribution in [-0.2, 0) is 22.6 Å². The first-order valence-corrected chi connectivity index (χ1v) is 13.0. The molecule has 192 valence electrons. The molecule has 2 aromatic rings. The highest BCUT2D eigenvalue weighted by Crippen LogP contribution is 2.29. The second kappa shape index (κ2) is 14.8. The largest absolute Gasteiger partial charge is 0.490 e. The lowest BCUT2D eigenvalue weighted by Crippen LogP contribution is -2.47. The molecule has 0 saturated heterocycles. The molecule has 8 heteroatoms. The summed E-state index contributed by atoms with van der Waals surface area (Å²) < 4.78 is 11.3. The summed E-state index contributed by atoms with van der Waals surface area (Å²) in [6.07, 6.45) is 2.59. The van der Waals surface area contributed by atoms with E-state index in [-0.39, 0.29) is 24.8 Å². The van der Waals surface area contributed by atoms with Gasteiger partial charge in [-0.25, -0.2) is 0 Å². The van der Waals surface area contributed by atoms with Gasteiger partial charge in [0.1, 0.15) is 6.04 Å². The average molecular weight is 524 g/mol. The summed E-state index contributed by atoms with van der Waals surface area (Å²) in [6.45, 7) is 9.49. The van der Waals surface area contributed by atoms with Crippen molar-refractivity contribution < 1.29 is 19.1 Å². The van der Waals surface area contributed by atoms with Gasteiger partial charge in [0.05, 0.1) is 13.2 Å². The van der Waals surface area contributed by atoms with Gasteiger partial charge >= 0.3 is 0 Å². The van der Waals surface area contributed by atoms with Crippen LogP contribution in [0.25, 0.3) is 0 Å². The van der Waals surface area contributed by atoms with Crippen LogP contribution in [0.1, 0.15) is 58.1 Å². The summed E-state index contributed by atoms with van der Waals surface area (Å²) >= 11 is 12.4. The van der Waals surface area contributed by atoms with Crippen LogP contribution in [0.4, 0.5) is 0 Å². The summed E-state index contributed by atoms with van der Waals surface area (Å²) in [5.74, 6) is 1.02. The first-order chi connectivity index (χ1) is 16.8. The maximum absolute atomic E-state index is 13.4. The van der Waals surface area contributed by atoms with Crippen molar-refractivity contribution in [3.8, 4) is 11.5 Å². The Hall–Kier alpha value is -2.44. The van der Waals surface area contributed by atoms with Crippen LogP contribution >= 0.6 is 23.2 Å². The highest BCUT2D eigenvalue weighted by atomic mass is 35.5. The zero-order valence-electron chi connectivity index (χ0n) is 21.0. The average Bonchev–Trinajstić information content (AvgIpc) is 2.83. The van der Waals surface area contributed by atoms with E-state index in [4.69, 9.17) is 32.7 Å². The first-order valence-electron chi connectivity index (χ1n) is 12.2. The Kier molecular flexibility index (Phi) is 12.2. The molecule has 0 aliphatic heterocycles. The monoisotopic (exact) mass is 522 g/mol. The van der Waals surface area contributed by atoms with Gasteiger partial charge < -0.3 is 19.7 Å². The second-order valence-electron chi connectivity index (χ2n) is 8.23. The number of amides is 2. The smallest absolute Gasteiger partial charge is 0.242 e. The standard InChI is InChI=1S/C27H36Cl2N2O4/c1-5-8-15-30-27(33)19(4)31(18-21-11-12-22(28)17-23(21)29)26(32)14-10-20-9-13-24(34-6-2)25(16-20)35-7-3/h9,11-13,16-17,19H,5-8,10,14-15,18H2,1-4H3,(H,30,33). The van der Waals surface area contributed by atoms with Crippen molar-refractivity contribution in [1.29, 1.82) is 0 Å². The molecule has 0 bridgehead atoms. The van der Waals surface area contributed by atoms with Gasteiger partial charge in [-0.15, -0.1) is 0 Å². The van der Waals surface area contributed by atoms with Gasteiger partial charge in [0.15, 0.2) is 11.5 Å². The third kappa shape index (κ3) is 8.93. The van der Waals surface area contributed by atoms with E-state index in [2.05, 4.69) is 12.2 Å². The Balaban J connectivity index is 2.19. The molecule has 2 amide bonds. The summed E-state index contributed by atoms with van der Waals surface area (Å²) in [5.41, 5.74) is 1.69. The Morgan fingerprint density at radius 2 is 1.71 bits per heavy atom. The number of unbranched alkanes of at least 4 members (excludes halogenated alkanes) is 1. The molecule has 2 rings (SSSR count). The van der Waals surface area contributed by atoms with Crippen LogP contribution in [0.3, 0.4) is 0 Å². The molecule has 2 aromatic carbocycles. The molecule has 0 saturated carbocycles. The number of halogens is 2. The maximum atomic E-state index is 13.4. The fraction of sp³-hybridized carbons (Fsp3) is 0.481. The summed E-state index contributed by atoms with van der Waals surface area (Å²) in [7, 11) is 0. The third-order valence-corrected chi connectivity index (χ3v) is 6.17. The van der Waals surface area contributed by atoms with Gasteiger partial charge in [-0.3, -0.25) is 9.59 Å². The van der Waals surface area contributed by atoms with Crippen LogP contribution in [0.15, 0.2) is 36.4 Å². The Bertz CT molecular complexity index is 984. The Morgan fingerprint density at radius 1 is 1.00 bits per heavy atom. The van der Waals surface area contributed by atoms with Gasteiger partial charge in [-0.1, -0.05) is 48.7 Å². The number of benzene rings is 2. The van der Waals surface area contributed by atoms with Gasteiger partial charge in [0.2, 0.25) is 11.8 Å². The lowest BCUT2D eigenvalue weighted by atomic mass is 10.1. The summed E-state index contributed by atoms with van der Waals surface area (Å²) in [4.78, 5) is 27.7. The van der Waals surface area contributed by atoms with Crippen molar-refractivity contribution in [2.75, 3.05) is 19.8 Å². The highest BCUT2D eigenvalue weighted by molar-refractivity contribution is 6.35. The molecule has 1 atom stereocenters. The summed E-state index contributed by atoms with van der Waals surface area (Å²) in [6, 6.07) is 10.2. The molecule has 0 aromatic heterocycles. The highest BCUT2D eigenvalue weighted by Gasteiger charge is 2.26. The van der Waals surface area contributed by atoms with Gasteiger partial charge in [-0.2, -0.15) is 0 Å². The molecular weight excluding hydrogens is 487 g/mol. The van der Waals surface area contributed by atoms with Gasteiger partial charge in [0.25, 0.3) is 0 Å². The van der Waals surface area contributed by atoms with E-state index in [1.54, 1.807) is 30.0 Å². The minimum absolute atomic E-state index is 0.138. The molecule has 0 spiro atoms. The number of hydrogen-bond acceptors (Lipinski definition) is 4. The van der Waals surface area contributed by atoms with E-state index in [1.165, 1.54) is 0 Å². The van der Waals surface area contributed by atoms with E-state index >= 15 is 0 Å². The molecule has 6 nitrogen and oxygen atoms in total. The predicted molar refractivity (Wildman–Crippen MR) is 141 cm³/mol. The predicted octanol–water partition coefficient (Wildman–Crippen LogP) is 6.06. The minimum atomic E-state index is -0.648. The van der Waals surface area contributed by atoms with E-state index in [0.29, 0.717) is 47.7 Å². The fourth-order valence-corrected chi connectivity index (χ4v) is 4.07. The van der Waals surface area contributed by atoms with Gasteiger partial charge in [-0.05, 0) is 69.0 Å². The topological polar surface area (TPSA) is 67.9 Å². The number of carbonyl (C=O) groups excluding carboxylic acids is 2. The van der Waals surface area contributed by atoms with Crippen molar-refractivity contribution in [2.24, 2.45) is 0 Å². The third-order valence-electron chi connectivity index (χ3n) is 5.59. The van der Waals surface area contributed by atoms with Crippen molar-refractivity contribution >= 4 is 35.0 Å². The number of ether oxygens (including phenoxy) is 2. The first kappa shape index (κ1) is 28.8. The fourth-order valence-electron chi connectivity index (χ4n) is 3.60. The number of aryl methyl sites for hydroxylation is 1. The van der Waals surface area contributed by atoms with Crippen LogP contribution in [0, 0.1) is 0 Å². The molecule has 0 fully saturated rings. The van der Waals surface area contributed by atoms with Crippen LogP contribution in [-0.4, -0.2) is 42.5 Å². The zero-order chi connectivity index (χ0) is 25.8. The van der Waals surface area contributed by atoms with E-state index in [9.17, 15) is 9.59 Å². The normalized spacial score (nSPS) is 11.6. The maximum Gasteiger partial charge on any atom is 0.242 e. The second-order valence-corrected chi connectivity index (χ2v) is 9.07. The lowest BCUT2D eigenvalue weighted by Gasteiger charge is -2.29. The minimum Gasteiger partial charge on any atom is -0.490 e. The molecule has 35 heavy (non-hydrogen) atoms. The van der Waals surface area contributed by atoms with Gasteiger partial charge in [0, 0.05) is 29.6 Å². The lowest BCUT2D eigenvalue weighted by molar-refractivity contribution is -0.140. The van der Waals surface area contributed by atoms with Crippen LogP contribution in [0.5, 0.6) is 11.5 Å². The van der Waals surface area contributed by atoms with Crippen molar-refractivity contribution in [1.82, 2.24) is 10.2 Å². The summed E-state index contributed by atoms with van der Waals surface area (Å²) in [5, 5.41) is 3.90.